The van der Waals surface area contributed by atoms with Crippen molar-refractivity contribution < 1.29 is 0 Å². The summed E-state index contributed by atoms with van der Waals surface area (Å²) in [6.07, 6.45) is 7.58. The number of nitrogens with two attached hydrogens (primary N) is 1. The molecule has 0 aromatic rings. The molecule has 0 spiro atoms. The molecule has 0 radical (unpaired) electrons. The zero-order valence-corrected chi connectivity index (χ0v) is 7.85. The van der Waals surface area contributed by atoms with E-state index in [4.69, 9.17) is 5.73 Å². The molecule has 1 fully saturated rings. The molecular formula is C10H19N. The highest BCUT2D eigenvalue weighted by molar-refractivity contribution is 5.33. The molecule has 1 rings (SSSR count). The molecule has 64 valence electrons. The number of hydrogen-bond donors (Lipinski definition) is 1. The smallest absolute Gasteiger partial charge is 0.00270 e. The first-order valence-electron chi connectivity index (χ1n) is 4.45. The number of rotatable bonds is 0. The van der Waals surface area contributed by atoms with Crippen LogP contribution >= 0.6 is 0 Å². The Morgan fingerprint density at radius 3 is 2.09 bits per heavy atom. The molecule has 1 aliphatic carbocycles. The molecule has 0 saturated heterocycles. The molecule has 0 unspecified atom stereocenters. The Kier molecular flexibility index (Phi) is 5.63. The highest BCUT2D eigenvalue weighted by atomic mass is 14.5. The van der Waals surface area contributed by atoms with Crippen molar-refractivity contribution in [3.05, 3.63) is 23.4 Å². The second-order valence-corrected chi connectivity index (χ2v) is 2.36. The van der Waals surface area contributed by atoms with Gasteiger partial charge < -0.3 is 5.73 Å². The third kappa shape index (κ3) is 2.79. The molecule has 0 atom stereocenters. The molecule has 0 aromatic carbocycles. The normalized spacial score (nSPS) is 23.5. The van der Waals surface area contributed by atoms with Crippen molar-refractivity contribution in [1.82, 2.24) is 0 Å². The maximum Gasteiger partial charge on any atom is -0.00270 e. The predicted molar refractivity (Wildman–Crippen MR) is 51.2 cm³/mol. The lowest BCUT2D eigenvalue weighted by Gasteiger charge is -1.94. The lowest BCUT2D eigenvalue weighted by atomic mass is 10.1. The van der Waals surface area contributed by atoms with E-state index in [1.807, 2.05) is 13.8 Å². The summed E-state index contributed by atoms with van der Waals surface area (Å²) < 4.78 is 0. The fourth-order valence-corrected chi connectivity index (χ4v) is 1.31. The minimum atomic E-state index is 1.18. The first-order valence-corrected chi connectivity index (χ1v) is 4.45. The average molecular weight is 153 g/mol. The van der Waals surface area contributed by atoms with Crippen molar-refractivity contribution in [2.75, 3.05) is 0 Å². The van der Waals surface area contributed by atoms with E-state index in [2.05, 4.69) is 13.0 Å². The van der Waals surface area contributed by atoms with Gasteiger partial charge in [0.05, 0.1) is 0 Å². The van der Waals surface area contributed by atoms with Gasteiger partial charge in [-0.1, -0.05) is 19.9 Å². The standard InChI is InChI=1S/C8H13N.C2H6/c1-2-7-4-3-5-8(7)6-9;1-2/h2,6H,3-5,9H2,1H3;1-2H3/b7-2-,8-6-;. The second-order valence-electron chi connectivity index (χ2n) is 2.36. The number of allylic oxidation sites excluding steroid dienone is 3. The largest absolute Gasteiger partial charge is 0.404 e. The maximum absolute atomic E-state index is 5.40. The van der Waals surface area contributed by atoms with E-state index in [-0.39, 0.29) is 0 Å². The molecular weight excluding hydrogens is 134 g/mol. The van der Waals surface area contributed by atoms with Crippen LogP contribution in [0.3, 0.4) is 0 Å². The summed E-state index contributed by atoms with van der Waals surface area (Å²) in [4.78, 5) is 0. The van der Waals surface area contributed by atoms with E-state index < -0.39 is 0 Å². The van der Waals surface area contributed by atoms with E-state index in [0.29, 0.717) is 0 Å². The van der Waals surface area contributed by atoms with Crippen molar-refractivity contribution in [2.24, 2.45) is 5.73 Å². The van der Waals surface area contributed by atoms with Gasteiger partial charge in [-0.25, -0.2) is 0 Å². The Labute approximate surface area is 70.0 Å². The minimum absolute atomic E-state index is 1.18. The van der Waals surface area contributed by atoms with Gasteiger partial charge in [0.25, 0.3) is 0 Å². The molecule has 0 heterocycles. The fraction of sp³-hybridized carbons (Fsp3) is 0.600. The minimum Gasteiger partial charge on any atom is -0.404 e. The highest BCUT2D eigenvalue weighted by Crippen LogP contribution is 2.28. The summed E-state index contributed by atoms with van der Waals surface area (Å²) in [5, 5.41) is 0. The Hall–Kier alpha value is -0.720. The SMILES string of the molecule is C/C=C1/CCC/C1=C/N.CC. The Morgan fingerprint density at radius 2 is 1.73 bits per heavy atom. The molecule has 0 amide bonds. The molecule has 0 aromatic heterocycles. The molecule has 0 bridgehead atoms. The van der Waals surface area contributed by atoms with Crippen molar-refractivity contribution in [1.29, 1.82) is 0 Å². The molecule has 1 nitrogen and oxygen atoms in total. The third-order valence-corrected chi connectivity index (χ3v) is 1.85. The average Bonchev–Trinajstić information content (AvgIpc) is 2.54. The van der Waals surface area contributed by atoms with Crippen molar-refractivity contribution in [2.45, 2.75) is 40.0 Å². The van der Waals surface area contributed by atoms with Crippen LogP contribution in [0, 0.1) is 0 Å². The summed E-state index contributed by atoms with van der Waals surface area (Å²) in [7, 11) is 0. The van der Waals surface area contributed by atoms with Crippen LogP contribution < -0.4 is 5.73 Å². The molecule has 1 saturated carbocycles. The topological polar surface area (TPSA) is 26.0 Å². The van der Waals surface area contributed by atoms with Gasteiger partial charge in [0.1, 0.15) is 0 Å². The molecule has 1 aliphatic rings. The lowest BCUT2D eigenvalue weighted by molar-refractivity contribution is 0.931. The third-order valence-electron chi connectivity index (χ3n) is 1.85. The van der Waals surface area contributed by atoms with E-state index in [1.54, 1.807) is 6.20 Å². The van der Waals surface area contributed by atoms with Crippen LogP contribution in [0.4, 0.5) is 0 Å². The predicted octanol–water partition coefficient (Wildman–Crippen LogP) is 2.99. The van der Waals surface area contributed by atoms with Gasteiger partial charge in [0.15, 0.2) is 0 Å². The molecule has 0 aliphatic heterocycles. The van der Waals surface area contributed by atoms with Gasteiger partial charge in [-0.05, 0) is 43.5 Å². The summed E-state index contributed by atoms with van der Waals surface area (Å²) in [6.45, 7) is 6.07. The van der Waals surface area contributed by atoms with Crippen LogP contribution in [-0.2, 0) is 0 Å². The van der Waals surface area contributed by atoms with Crippen LogP contribution in [0.25, 0.3) is 0 Å². The second kappa shape index (κ2) is 6.02. The van der Waals surface area contributed by atoms with E-state index in [0.717, 1.165) is 0 Å². The van der Waals surface area contributed by atoms with Gasteiger partial charge >= 0.3 is 0 Å². The number of hydrogen-bond acceptors (Lipinski definition) is 1. The summed E-state index contributed by atoms with van der Waals surface area (Å²) >= 11 is 0. The van der Waals surface area contributed by atoms with E-state index in [9.17, 15) is 0 Å². The Balaban J connectivity index is 0.000000461. The summed E-state index contributed by atoms with van der Waals surface area (Å²) in [5.41, 5.74) is 8.18. The van der Waals surface area contributed by atoms with Crippen LogP contribution in [0.2, 0.25) is 0 Å². The van der Waals surface area contributed by atoms with Crippen molar-refractivity contribution in [3.63, 3.8) is 0 Å². The molecule has 2 N–H and O–H groups in total. The monoisotopic (exact) mass is 153 g/mol. The van der Waals surface area contributed by atoms with Gasteiger partial charge in [-0.2, -0.15) is 0 Å². The maximum atomic E-state index is 5.40. The van der Waals surface area contributed by atoms with Crippen molar-refractivity contribution in [3.8, 4) is 0 Å². The van der Waals surface area contributed by atoms with Crippen LogP contribution in [-0.4, -0.2) is 0 Å². The van der Waals surface area contributed by atoms with Gasteiger partial charge in [0.2, 0.25) is 0 Å². The lowest BCUT2D eigenvalue weighted by Crippen LogP contribution is -1.84. The van der Waals surface area contributed by atoms with Crippen LogP contribution in [0.1, 0.15) is 40.0 Å². The van der Waals surface area contributed by atoms with E-state index >= 15 is 0 Å². The van der Waals surface area contributed by atoms with Gasteiger partial charge in [-0.3, -0.25) is 0 Å². The van der Waals surface area contributed by atoms with E-state index in [1.165, 1.54) is 30.4 Å². The Bertz CT molecular complexity index is 136. The quantitative estimate of drug-likeness (QED) is 0.569. The molecule has 1 heteroatoms. The van der Waals surface area contributed by atoms with Crippen LogP contribution in [0.5, 0.6) is 0 Å². The summed E-state index contributed by atoms with van der Waals surface area (Å²) in [5.74, 6) is 0. The van der Waals surface area contributed by atoms with Crippen LogP contribution in [0.15, 0.2) is 23.4 Å². The van der Waals surface area contributed by atoms with Gasteiger partial charge in [-0.15, -0.1) is 0 Å². The fourth-order valence-electron chi connectivity index (χ4n) is 1.31. The zero-order chi connectivity index (χ0) is 8.69. The van der Waals surface area contributed by atoms with Crippen molar-refractivity contribution >= 4 is 0 Å². The highest BCUT2D eigenvalue weighted by Gasteiger charge is 2.10. The summed E-state index contributed by atoms with van der Waals surface area (Å²) in [6, 6.07) is 0. The zero-order valence-electron chi connectivity index (χ0n) is 7.85. The molecule has 11 heavy (non-hydrogen) atoms. The first-order chi connectivity index (χ1) is 5.38. The Morgan fingerprint density at radius 1 is 1.18 bits per heavy atom. The van der Waals surface area contributed by atoms with Gasteiger partial charge in [0, 0.05) is 0 Å². The first kappa shape index (κ1) is 10.3.